The van der Waals surface area contributed by atoms with Crippen LogP contribution in [-0.4, -0.2) is 4.57 Å². The number of aromatic nitrogens is 2. The summed E-state index contributed by atoms with van der Waals surface area (Å²) in [7, 11) is 2.11. The van der Waals surface area contributed by atoms with E-state index in [9.17, 15) is 0 Å². The molecule has 28 heavy (non-hydrogen) atoms. The summed E-state index contributed by atoms with van der Waals surface area (Å²) in [6.45, 7) is 7.02. The number of hydrogen-bond acceptors (Lipinski definition) is 0. The van der Waals surface area contributed by atoms with Gasteiger partial charge in [0.05, 0.1) is 7.05 Å². The predicted octanol–water partition coefficient (Wildman–Crippen LogP) is 8.16. The minimum absolute atomic E-state index is 0.660. The molecule has 0 saturated heterocycles. The number of unbranched alkanes of at least 4 members (excludes halogenated alkanes) is 15. The fourth-order valence-electron chi connectivity index (χ4n) is 4.39. The van der Waals surface area contributed by atoms with E-state index in [1.807, 2.05) is 0 Å². The average molecular weight is 392 g/mol. The van der Waals surface area contributed by atoms with E-state index in [0.717, 1.165) is 0 Å². The van der Waals surface area contributed by atoms with Crippen molar-refractivity contribution in [2.45, 2.75) is 136 Å². The van der Waals surface area contributed by atoms with E-state index in [1.165, 1.54) is 109 Å². The van der Waals surface area contributed by atoms with Crippen LogP contribution in [0.3, 0.4) is 0 Å². The van der Waals surface area contributed by atoms with Gasteiger partial charge in [0.1, 0.15) is 18.4 Å². The van der Waals surface area contributed by atoms with Crippen LogP contribution in [0, 0.1) is 5.92 Å². The van der Waals surface area contributed by atoms with Crippen molar-refractivity contribution in [3.05, 3.63) is 18.7 Å². The van der Waals surface area contributed by atoms with Gasteiger partial charge in [-0.15, -0.1) is 0 Å². The molecule has 0 radical (unpaired) electrons. The molecule has 0 aromatic carbocycles. The van der Waals surface area contributed by atoms with Gasteiger partial charge in [-0.05, 0) is 18.8 Å². The van der Waals surface area contributed by atoms with Gasteiger partial charge in [-0.25, -0.2) is 9.13 Å². The Morgan fingerprint density at radius 3 is 1.46 bits per heavy atom. The van der Waals surface area contributed by atoms with Crippen LogP contribution in [0.25, 0.3) is 0 Å². The minimum atomic E-state index is 0.660. The highest BCUT2D eigenvalue weighted by Crippen LogP contribution is 2.24. The molecule has 0 saturated carbocycles. The highest BCUT2D eigenvalue weighted by Gasteiger charge is 2.19. The SMILES string of the molecule is CCCCCCCCCCCCCCCCCC[C@@H](C(C)C)n1cc[n+](C)c1. The van der Waals surface area contributed by atoms with Crippen molar-refractivity contribution in [3.63, 3.8) is 0 Å². The van der Waals surface area contributed by atoms with Gasteiger partial charge in [0.2, 0.25) is 6.33 Å². The standard InChI is InChI=1S/C26H51N2/c1-5-6-7-8-9-10-11-12-13-14-15-16-17-18-19-20-21-26(25(2)3)28-23-22-27(4)24-28/h22-26H,5-21H2,1-4H3/q+1/t26-/m0/s1. The zero-order valence-electron chi connectivity index (χ0n) is 19.8. The van der Waals surface area contributed by atoms with Gasteiger partial charge < -0.3 is 0 Å². The van der Waals surface area contributed by atoms with Crippen LogP contribution in [0.4, 0.5) is 0 Å². The molecule has 0 aliphatic rings. The maximum absolute atomic E-state index is 2.41. The van der Waals surface area contributed by atoms with Gasteiger partial charge in [0.15, 0.2) is 0 Å². The van der Waals surface area contributed by atoms with E-state index < -0.39 is 0 Å². The maximum atomic E-state index is 2.41. The number of imidazole rings is 1. The second-order valence-corrected chi connectivity index (χ2v) is 9.43. The lowest BCUT2D eigenvalue weighted by Gasteiger charge is -2.17. The summed E-state index contributed by atoms with van der Waals surface area (Å²) in [4.78, 5) is 0. The second-order valence-electron chi connectivity index (χ2n) is 9.43. The van der Waals surface area contributed by atoms with Crippen molar-refractivity contribution in [2.24, 2.45) is 13.0 Å². The van der Waals surface area contributed by atoms with Crippen molar-refractivity contribution in [2.75, 3.05) is 0 Å². The molecule has 1 atom stereocenters. The summed E-state index contributed by atoms with van der Waals surface area (Å²) < 4.78 is 4.57. The second kappa shape index (κ2) is 17.1. The largest absolute Gasteiger partial charge is 0.243 e. The lowest BCUT2D eigenvalue weighted by Crippen LogP contribution is -2.25. The lowest BCUT2D eigenvalue weighted by molar-refractivity contribution is -0.671. The molecule has 0 spiro atoms. The molecule has 1 heterocycles. The average Bonchev–Trinajstić information content (AvgIpc) is 3.10. The molecule has 164 valence electrons. The summed E-state index contributed by atoms with van der Waals surface area (Å²) in [6, 6.07) is 0.660. The Labute approximate surface area is 177 Å². The fraction of sp³-hybridized carbons (Fsp3) is 0.885. The van der Waals surface area contributed by atoms with Crippen LogP contribution < -0.4 is 4.57 Å². The molecule has 0 aliphatic carbocycles. The van der Waals surface area contributed by atoms with Gasteiger partial charge in [-0.2, -0.15) is 0 Å². The van der Waals surface area contributed by atoms with Crippen LogP contribution in [0.15, 0.2) is 18.7 Å². The summed E-state index contributed by atoms with van der Waals surface area (Å²) in [5.74, 6) is 0.712. The summed E-state index contributed by atoms with van der Waals surface area (Å²) in [5, 5.41) is 0. The topological polar surface area (TPSA) is 8.81 Å². The molecular weight excluding hydrogens is 340 g/mol. The molecule has 0 amide bonds. The monoisotopic (exact) mass is 391 g/mol. The van der Waals surface area contributed by atoms with E-state index in [-0.39, 0.29) is 0 Å². The zero-order chi connectivity index (χ0) is 20.5. The lowest BCUT2D eigenvalue weighted by atomic mass is 9.97. The van der Waals surface area contributed by atoms with Crippen molar-refractivity contribution >= 4 is 0 Å². The zero-order valence-corrected chi connectivity index (χ0v) is 19.8. The smallest absolute Gasteiger partial charge is 0.240 e. The Hall–Kier alpha value is -0.790. The van der Waals surface area contributed by atoms with Crippen LogP contribution in [0.2, 0.25) is 0 Å². The van der Waals surface area contributed by atoms with Gasteiger partial charge >= 0.3 is 0 Å². The first kappa shape index (κ1) is 25.2. The highest BCUT2D eigenvalue weighted by molar-refractivity contribution is 4.77. The number of hydrogen-bond donors (Lipinski definition) is 0. The third kappa shape index (κ3) is 12.6. The Balaban J connectivity index is 1.87. The van der Waals surface area contributed by atoms with E-state index in [2.05, 4.69) is 55.7 Å². The van der Waals surface area contributed by atoms with E-state index in [4.69, 9.17) is 0 Å². The summed E-state index contributed by atoms with van der Waals surface area (Å²) >= 11 is 0. The fourth-order valence-corrected chi connectivity index (χ4v) is 4.39. The summed E-state index contributed by atoms with van der Waals surface area (Å²) in [5.41, 5.74) is 0. The number of rotatable bonds is 19. The molecule has 1 rings (SSSR count). The number of nitrogens with zero attached hydrogens (tertiary/aromatic N) is 2. The van der Waals surface area contributed by atoms with Crippen molar-refractivity contribution in [1.29, 1.82) is 0 Å². The third-order valence-corrected chi connectivity index (χ3v) is 6.30. The van der Waals surface area contributed by atoms with Crippen molar-refractivity contribution in [1.82, 2.24) is 4.57 Å². The normalized spacial score (nSPS) is 12.8. The molecule has 0 N–H and O–H groups in total. The molecule has 2 nitrogen and oxygen atoms in total. The minimum Gasteiger partial charge on any atom is -0.240 e. The Kier molecular flexibility index (Phi) is 15.4. The third-order valence-electron chi connectivity index (χ3n) is 6.30. The van der Waals surface area contributed by atoms with E-state index in [1.54, 1.807) is 0 Å². The molecule has 1 aromatic heterocycles. The number of aryl methyl sites for hydroxylation is 1. The van der Waals surface area contributed by atoms with E-state index >= 15 is 0 Å². The van der Waals surface area contributed by atoms with E-state index in [0.29, 0.717) is 12.0 Å². The van der Waals surface area contributed by atoms with Crippen LogP contribution in [-0.2, 0) is 7.05 Å². The molecule has 0 bridgehead atoms. The van der Waals surface area contributed by atoms with Gasteiger partial charge in [0.25, 0.3) is 0 Å². The van der Waals surface area contributed by atoms with Crippen molar-refractivity contribution in [3.8, 4) is 0 Å². The van der Waals surface area contributed by atoms with Crippen LogP contribution in [0.1, 0.15) is 136 Å². The van der Waals surface area contributed by atoms with Gasteiger partial charge in [0, 0.05) is 0 Å². The molecule has 0 fully saturated rings. The summed E-state index contributed by atoms with van der Waals surface area (Å²) in [6.07, 6.45) is 31.1. The molecule has 2 heteroatoms. The van der Waals surface area contributed by atoms with Crippen molar-refractivity contribution < 1.29 is 4.57 Å². The molecule has 1 aromatic rings. The Bertz CT molecular complexity index is 449. The first-order chi connectivity index (χ1) is 13.6. The maximum Gasteiger partial charge on any atom is 0.243 e. The first-order valence-electron chi connectivity index (χ1n) is 12.7. The quantitative estimate of drug-likeness (QED) is 0.166. The first-order valence-corrected chi connectivity index (χ1v) is 12.7. The highest BCUT2D eigenvalue weighted by atomic mass is 15.1. The van der Waals surface area contributed by atoms with Crippen LogP contribution in [0.5, 0.6) is 0 Å². The predicted molar refractivity (Wildman–Crippen MR) is 124 cm³/mol. The molecular formula is C26H51N2+. The molecule has 0 unspecified atom stereocenters. The Morgan fingerprint density at radius 1 is 0.679 bits per heavy atom. The van der Waals surface area contributed by atoms with Crippen LogP contribution >= 0.6 is 0 Å². The van der Waals surface area contributed by atoms with Gasteiger partial charge in [-0.3, -0.25) is 0 Å². The Morgan fingerprint density at radius 2 is 1.11 bits per heavy atom. The molecule has 0 aliphatic heterocycles. The van der Waals surface area contributed by atoms with Gasteiger partial charge in [-0.1, -0.05) is 117 Å².